The molecule has 0 atom stereocenters. The van der Waals surface area contributed by atoms with Crippen LogP contribution in [0.1, 0.15) is 11.1 Å². The second-order valence-corrected chi connectivity index (χ2v) is 6.07. The summed E-state index contributed by atoms with van der Waals surface area (Å²) in [5.41, 5.74) is 2.38. The topological polar surface area (TPSA) is 71.4 Å². The zero-order chi connectivity index (χ0) is 17.1. The van der Waals surface area contributed by atoms with E-state index in [-0.39, 0.29) is 12.4 Å². The summed E-state index contributed by atoms with van der Waals surface area (Å²) in [5.74, 6) is 0.744. The standard InChI is InChI=1S/C18H13BrN2O3/c1-11-2-4-14(5-3-11)21-18(22)13(9-20)6-12-7-16-17(8-15(12)19)24-10-23-16/h2-8H,10H2,1H3,(H,21,22)/b13-6+. The summed E-state index contributed by atoms with van der Waals surface area (Å²) in [6.45, 7) is 2.12. The molecule has 0 spiro atoms. The molecule has 5 nitrogen and oxygen atoms in total. The van der Waals surface area contributed by atoms with Crippen molar-refractivity contribution >= 4 is 33.6 Å². The first-order valence-corrected chi connectivity index (χ1v) is 7.95. The maximum absolute atomic E-state index is 12.3. The van der Waals surface area contributed by atoms with E-state index in [9.17, 15) is 10.1 Å². The number of aryl methyl sites for hydroxylation is 1. The lowest BCUT2D eigenvalue weighted by atomic mass is 10.1. The molecule has 0 aliphatic carbocycles. The van der Waals surface area contributed by atoms with Crippen LogP contribution in [0.25, 0.3) is 6.08 Å². The molecule has 1 aliphatic heterocycles. The molecular weight excluding hydrogens is 372 g/mol. The van der Waals surface area contributed by atoms with Gasteiger partial charge in [-0.3, -0.25) is 4.79 Å². The fourth-order valence-electron chi connectivity index (χ4n) is 2.18. The Morgan fingerprint density at radius 2 is 1.92 bits per heavy atom. The number of carbonyl (C=O) groups excluding carboxylic acids is 1. The third-order valence-corrected chi connectivity index (χ3v) is 4.15. The smallest absolute Gasteiger partial charge is 0.266 e. The molecule has 0 radical (unpaired) electrons. The summed E-state index contributed by atoms with van der Waals surface area (Å²) in [4.78, 5) is 12.3. The molecule has 2 aromatic carbocycles. The highest BCUT2D eigenvalue weighted by molar-refractivity contribution is 9.10. The van der Waals surface area contributed by atoms with Gasteiger partial charge in [-0.25, -0.2) is 0 Å². The Morgan fingerprint density at radius 3 is 2.58 bits per heavy atom. The van der Waals surface area contributed by atoms with Crippen LogP contribution < -0.4 is 14.8 Å². The number of carbonyl (C=O) groups is 1. The number of amides is 1. The molecule has 0 fully saturated rings. The molecule has 0 aromatic heterocycles. The maximum Gasteiger partial charge on any atom is 0.266 e. The average molecular weight is 385 g/mol. The van der Waals surface area contributed by atoms with Crippen molar-refractivity contribution in [2.45, 2.75) is 6.92 Å². The van der Waals surface area contributed by atoms with Crippen LogP contribution in [-0.2, 0) is 4.79 Å². The lowest BCUT2D eigenvalue weighted by Gasteiger charge is -2.06. The van der Waals surface area contributed by atoms with Crippen molar-refractivity contribution in [3.05, 3.63) is 57.6 Å². The maximum atomic E-state index is 12.3. The molecule has 0 bridgehead atoms. The Hall–Kier alpha value is -2.78. The van der Waals surface area contributed by atoms with Crippen LogP contribution in [0.5, 0.6) is 11.5 Å². The van der Waals surface area contributed by atoms with Crippen molar-refractivity contribution < 1.29 is 14.3 Å². The Bertz CT molecular complexity index is 867. The van der Waals surface area contributed by atoms with Crippen LogP contribution in [-0.4, -0.2) is 12.7 Å². The highest BCUT2D eigenvalue weighted by Gasteiger charge is 2.17. The second-order valence-electron chi connectivity index (χ2n) is 5.22. The van der Waals surface area contributed by atoms with E-state index in [1.54, 1.807) is 24.3 Å². The number of hydrogen-bond acceptors (Lipinski definition) is 4. The van der Waals surface area contributed by atoms with Gasteiger partial charge < -0.3 is 14.8 Å². The number of anilines is 1. The number of benzene rings is 2. The normalized spacial score (nSPS) is 12.6. The summed E-state index contributed by atoms with van der Waals surface area (Å²) in [6.07, 6.45) is 1.51. The molecule has 3 rings (SSSR count). The second kappa shape index (κ2) is 6.77. The van der Waals surface area contributed by atoms with Crippen LogP contribution >= 0.6 is 15.9 Å². The van der Waals surface area contributed by atoms with Gasteiger partial charge in [-0.2, -0.15) is 5.26 Å². The number of fused-ring (bicyclic) bond motifs is 1. The number of rotatable bonds is 3. The lowest BCUT2D eigenvalue weighted by molar-refractivity contribution is -0.112. The third-order valence-electron chi connectivity index (χ3n) is 3.47. The molecule has 1 amide bonds. The van der Waals surface area contributed by atoms with Gasteiger partial charge in [0.05, 0.1) is 0 Å². The zero-order valence-corrected chi connectivity index (χ0v) is 14.4. The Morgan fingerprint density at radius 1 is 1.25 bits per heavy atom. The van der Waals surface area contributed by atoms with Crippen molar-refractivity contribution in [1.82, 2.24) is 0 Å². The molecule has 1 N–H and O–H groups in total. The van der Waals surface area contributed by atoms with Crippen molar-refractivity contribution in [2.75, 3.05) is 12.1 Å². The van der Waals surface area contributed by atoms with Crippen LogP contribution in [0, 0.1) is 18.3 Å². The third kappa shape index (κ3) is 3.42. The Labute approximate surface area is 147 Å². The zero-order valence-electron chi connectivity index (χ0n) is 12.8. The predicted octanol–water partition coefficient (Wildman–Crippen LogP) is 4.03. The van der Waals surface area contributed by atoms with E-state index in [0.29, 0.717) is 27.2 Å². The average Bonchev–Trinajstić information content (AvgIpc) is 3.01. The summed E-state index contributed by atoms with van der Waals surface area (Å²) in [5, 5.41) is 12.0. The minimum atomic E-state index is -0.467. The summed E-state index contributed by atoms with van der Waals surface area (Å²) in [7, 11) is 0. The highest BCUT2D eigenvalue weighted by Crippen LogP contribution is 2.37. The minimum Gasteiger partial charge on any atom is -0.454 e. The fourth-order valence-corrected chi connectivity index (χ4v) is 2.62. The SMILES string of the molecule is Cc1ccc(NC(=O)/C(C#N)=C/c2cc3c(cc2Br)OCO3)cc1. The summed E-state index contributed by atoms with van der Waals surface area (Å²) >= 11 is 3.41. The first kappa shape index (κ1) is 16.1. The number of ether oxygens (including phenoxy) is 2. The monoisotopic (exact) mass is 384 g/mol. The fraction of sp³-hybridized carbons (Fsp3) is 0.111. The van der Waals surface area contributed by atoms with E-state index in [1.165, 1.54) is 6.08 Å². The molecule has 0 saturated heterocycles. The van der Waals surface area contributed by atoms with E-state index in [2.05, 4.69) is 21.2 Å². The molecule has 120 valence electrons. The van der Waals surface area contributed by atoms with Crippen molar-refractivity contribution in [2.24, 2.45) is 0 Å². The number of halogens is 1. The van der Waals surface area contributed by atoms with Gasteiger partial charge in [0.15, 0.2) is 11.5 Å². The molecule has 0 saturated carbocycles. The van der Waals surface area contributed by atoms with E-state index in [4.69, 9.17) is 9.47 Å². The van der Waals surface area contributed by atoms with Crippen LogP contribution in [0.3, 0.4) is 0 Å². The molecule has 24 heavy (non-hydrogen) atoms. The Kier molecular flexibility index (Phi) is 4.54. The van der Waals surface area contributed by atoms with Crippen LogP contribution in [0.15, 0.2) is 46.4 Å². The van der Waals surface area contributed by atoms with Gasteiger partial charge in [-0.1, -0.05) is 33.6 Å². The minimum absolute atomic E-state index is 0.00450. The van der Waals surface area contributed by atoms with Gasteiger partial charge >= 0.3 is 0 Å². The van der Waals surface area contributed by atoms with Gasteiger partial charge in [-0.05, 0) is 42.8 Å². The molecular formula is C18H13BrN2O3. The number of nitriles is 1. The molecule has 1 aliphatic rings. The largest absolute Gasteiger partial charge is 0.454 e. The van der Waals surface area contributed by atoms with Gasteiger partial charge in [-0.15, -0.1) is 0 Å². The number of nitrogens with zero attached hydrogens (tertiary/aromatic N) is 1. The van der Waals surface area contributed by atoms with Crippen LogP contribution in [0.4, 0.5) is 5.69 Å². The lowest BCUT2D eigenvalue weighted by Crippen LogP contribution is -2.13. The van der Waals surface area contributed by atoms with Crippen molar-refractivity contribution in [1.29, 1.82) is 5.26 Å². The van der Waals surface area contributed by atoms with Gasteiger partial charge in [0.1, 0.15) is 11.6 Å². The molecule has 2 aromatic rings. The van der Waals surface area contributed by atoms with Crippen LogP contribution in [0.2, 0.25) is 0 Å². The predicted molar refractivity (Wildman–Crippen MR) is 93.7 cm³/mol. The first-order chi connectivity index (χ1) is 11.6. The summed E-state index contributed by atoms with van der Waals surface area (Å²) in [6, 6.07) is 12.8. The van der Waals surface area contributed by atoms with Gasteiger partial charge in [0.2, 0.25) is 6.79 Å². The highest BCUT2D eigenvalue weighted by atomic mass is 79.9. The van der Waals surface area contributed by atoms with Gasteiger partial charge in [0, 0.05) is 10.2 Å². The van der Waals surface area contributed by atoms with E-state index >= 15 is 0 Å². The molecule has 6 heteroatoms. The van der Waals surface area contributed by atoms with Crippen molar-refractivity contribution in [3.8, 4) is 17.6 Å². The number of hydrogen-bond donors (Lipinski definition) is 1. The Balaban J connectivity index is 1.85. The number of nitrogens with one attached hydrogen (secondary N) is 1. The molecule has 1 heterocycles. The van der Waals surface area contributed by atoms with E-state index in [0.717, 1.165) is 5.56 Å². The molecule has 0 unspecified atom stereocenters. The van der Waals surface area contributed by atoms with Crippen molar-refractivity contribution in [3.63, 3.8) is 0 Å². The quantitative estimate of drug-likeness (QED) is 0.640. The first-order valence-electron chi connectivity index (χ1n) is 7.16. The van der Waals surface area contributed by atoms with E-state index < -0.39 is 5.91 Å². The van der Waals surface area contributed by atoms with Gasteiger partial charge in [0.25, 0.3) is 5.91 Å². The summed E-state index contributed by atoms with van der Waals surface area (Å²) < 4.78 is 11.3. The van der Waals surface area contributed by atoms with E-state index in [1.807, 2.05) is 25.1 Å².